The highest BCUT2D eigenvalue weighted by atomic mass is 35.5. The second-order valence-electron chi connectivity index (χ2n) is 6.60. The molecule has 2 aliphatic rings. The van der Waals surface area contributed by atoms with Gasteiger partial charge < -0.3 is 5.32 Å². The van der Waals surface area contributed by atoms with Crippen LogP contribution in [-0.2, 0) is 14.4 Å². The third kappa shape index (κ3) is 3.22. The summed E-state index contributed by atoms with van der Waals surface area (Å²) >= 11 is 5.97. The number of halogens is 1. The minimum Gasteiger partial charge on any atom is -0.324 e. The number of fused-ring (bicyclic) bond motifs is 1. The topological polar surface area (TPSA) is 94.4 Å². The molecule has 2 aromatic rings. The molecule has 1 fully saturated rings. The zero-order valence-electron chi connectivity index (χ0n) is 14.9. The SMILES string of the molecule is Cc1ccc(NC(=O)CN2N=N[C@H]3C(=O)N(c4cccc(Cl)c4)C(=O)[C@H]32)cc1. The largest absolute Gasteiger partial charge is 0.324 e. The first-order valence-electron chi connectivity index (χ1n) is 8.61. The van der Waals surface area contributed by atoms with E-state index in [0.717, 1.165) is 10.5 Å². The number of imide groups is 1. The smallest absolute Gasteiger partial charge is 0.263 e. The molecular formula is C19H16ClN5O3. The molecule has 8 nitrogen and oxygen atoms in total. The molecule has 142 valence electrons. The minimum absolute atomic E-state index is 0.194. The van der Waals surface area contributed by atoms with Gasteiger partial charge in [-0.05, 0) is 37.3 Å². The number of anilines is 2. The molecule has 0 bridgehead atoms. The van der Waals surface area contributed by atoms with Crippen molar-refractivity contribution in [1.29, 1.82) is 0 Å². The molecule has 0 aromatic heterocycles. The molecule has 0 spiro atoms. The Kier molecular flexibility index (Phi) is 4.56. The predicted octanol–water partition coefficient (Wildman–Crippen LogP) is 2.58. The summed E-state index contributed by atoms with van der Waals surface area (Å²) in [5, 5.41) is 12.2. The van der Waals surface area contributed by atoms with Crippen molar-refractivity contribution in [3.05, 3.63) is 59.1 Å². The maximum Gasteiger partial charge on any atom is 0.263 e. The van der Waals surface area contributed by atoms with E-state index in [9.17, 15) is 14.4 Å². The summed E-state index contributed by atoms with van der Waals surface area (Å²) in [5.74, 6) is -1.32. The molecule has 0 radical (unpaired) electrons. The van der Waals surface area contributed by atoms with E-state index < -0.39 is 23.9 Å². The summed E-state index contributed by atoms with van der Waals surface area (Å²) in [6.45, 7) is 1.76. The van der Waals surface area contributed by atoms with Crippen molar-refractivity contribution >= 4 is 40.7 Å². The van der Waals surface area contributed by atoms with Crippen molar-refractivity contribution in [2.75, 3.05) is 16.8 Å². The number of benzene rings is 2. The molecule has 2 heterocycles. The molecule has 28 heavy (non-hydrogen) atoms. The number of hydrogen-bond acceptors (Lipinski definition) is 6. The molecular weight excluding hydrogens is 382 g/mol. The molecule has 0 saturated carbocycles. The fraction of sp³-hybridized carbons (Fsp3) is 0.211. The molecule has 2 aromatic carbocycles. The first-order valence-corrected chi connectivity index (χ1v) is 8.99. The van der Waals surface area contributed by atoms with Gasteiger partial charge in [0.1, 0.15) is 6.54 Å². The summed E-state index contributed by atoms with van der Waals surface area (Å²) in [5.41, 5.74) is 2.08. The number of hydrogen-bond donors (Lipinski definition) is 1. The van der Waals surface area contributed by atoms with Crippen LogP contribution in [0.5, 0.6) is 0 Å². The number of amides is 3. The minimum atomic E-state index is -0.960. The van der Waals surface area contributed by atoms with Gasteiger partial charge in [0.15, 0.2) is 12.1 Å². The lowest BCUT2D eigenvalue weighted by Gasteiger charge is -2.20. The van der Waals surface area contributed by atoms with Gasteiger partial charge in [0.25, 0.3) is 11.8 Å². The van der Waals surface area contributed by atoms with E-state index in [1.807, 2.05) is 19.1 Å². The van der Waals surface area contributed by atoms with Gasteiger partial charge in [-0.3, -0.25) is 19.4 Å². The first kappa shape index (κ1) is 18.1. The fourth-order valence-corrected chi connectivity index (χ4v) is 3.39. The number of nitrogens with zero attached hydrogens (tertiary/aromatic N) is 4. The Balaban J connectivity index is 1.49. The molecule has 0 unspecified atom stereocenters. The predicted molar refractivity (Wildman–Crippen MR) is 103 cm³/mol. The Bertz CT molecular complexity index is 991. The van der Waals surface area contributed by atoms with Crippen LogP contribution in [0.25, 0.3) is 0 Å². The molecule has 0 aliphatic carbocycles. The lowest BCUT2D eigenvalue weighted by molar-refractivity contribution is -0.123. The van der Waals surface area contributed by atoms with Crippen molar-refractivity contribution in [2.45, 2.75) is 19.0 Å². The van der Waals surface area contributed by atoms with Crippen molar-refractivity contribution in [2.24, 2.45) is 10.3 Å². The number of nitrogens with one attached hydrogen (secondary N) is 1. The number of carbonyl (C=O) groups excluding carboxylic acids is 3. The second-order valence-corrected chi connectivity index (χ2v) is 7.03. The van der Waals surface area contributed by atoms with E-state index in [-0.39, 0.29) is 12.5 Å². The van der Waals surface area contributed by atoms with E-state index in [1.54, 1.807) is 30.3 Å². The highest BCUT2D eigenvalue weighted by Crippen LogP contribution is 2.32. The first-order chi connectivity index (χ1) is 13.4. The average Bonchev–Trinajstić information content (AvgIpc) is 3.17. The highest BCUT2D eigenvalue weighted by molar-refractivity contribution is 6.31. The molecule has 9 heteroatoms. The molecule has 2 aliphatic heterocycles. The van der Waals surface area contributed by atoms with Gasteiger partial charge in [-0.1, -0.05) is 40.6 Å². The standard InChI is InChI=1S/C19H16ClN5O3/c1-11-5-7-13(8-6-11)21-15(26)10-24-17-16(22-23-24)18(27)25(19(17)28)14-4-2-3-12(20)9-14/h2-9,16-17H,10H2,1H3,(H,21,26)/t16-,17+/m1/s1. The Morgan fingerprint density at radius 1 is 1.14 bits per heavy atom. The van der Waals surface area contributed by atoms with Gasteiger partial charge >= 0.3 is 0 Å². The zero-order chi connectivity index (χ0) is 19.8. The van der Waals surface area contributed by atoms with Crippen LogP contribution in [0.3, 0.4) is 0 Å². The quantitative estimate of drug-likeness (QED) is 0.802. The van der Waals surface area contributed by atoms with Crippen LogP contribution in [0, 0.1) is 6.92 Å². The second kappa shape index (κ2) is 7.05. The summed E-state index contributed by atoms with van der Waals surface area (Å²) in [6.07, 6.45) is 0. The van der Waals surface area contributed by atoms with Crippen LogP contribution in [0.4, 0.5) is 11.4 Å². The Labute approximate surface area is 165 Å². The van der Waals surface area contributed by atoms with Crippen LogP contribution in [0.15, 0.2) is 58.9 Å². The zero-order valence-corrected chi connectivity index (χ0v) is 15.6. The van der Waals surface area contributed by atoms with Crippen LogP contribution < -0.4 is 10.2 Å². The van der Waals surface area contributed by atoms with E-state index >= 15 is 0 Å². The fourth-order valence-electron chi connectivity index (χ4n) is 3.21. The van der Waals surface area contributed by atoms with Gasteiger partial charge in [0.2, 0.25) is 5.91 Å². The van der Waals surface area contributed by atoms with Gasteiger partial charge in [0.05, 0.1) is 5.69 Å². The van der Waals surface area contributed by atoms with Gasteiger partial charge in [-0.2, -0.15) is 5.11 Å². The third-order valence-corrected chi connectivity index (χ3v) is 4.80. The molecule has 1 saturated heterocycles. The average molecular weight is 398 g/mol. The van der Waals surface area contributed by atoms with Crippen molar-refractivity contribution in [3.8, 4) is 0 Å². The summed E-state index contributed by atoms with van der Waals surface area (Å²) in [7, 11) is 0. The Morgan fingerprint density at radius 2 is 1.89 bits per heavy atom. The van der Waals surface area contributed by atoms with Crippen LogP contribution in [-0.4, -0.2) is 41.4 Å². The van der Waals surface area contributed by atoms with Crippen molar-refractivity contribution < 1.29 is 14.4 Å². The lowest BCUT2D eigenvalue weighted by Crippen LogP contribution is -2.43. The molecule has 4 rings (SSSR count). The monoisotopic (exact) mass is 397 g/mol. The number of aryl methyl sites for hydroxylation is 1. The molecule has 2 atom stereocenters. The third-order valence-electron chi connectivity index (χ3n) is 4.57. The maximum absolute atomic E-state index is 12.9. The van der Waals surface area contributed by atoms with Gasteiger partial charge in [-0.15, -0.1) is 0 Å². The van der Waals surface area contributed by atoms with Gasteiger partial charge in [0, 0.05) is 10.7 Å². The maximum atomic E-state index is 12.9. The van der Waals surface area contributed by atoms with Crippen molar-refractivity contribution in [3.63, 3.8) is 0 Å². The van der Waals surface area contributed by atoms with E-state index in [2.05, 4.69) is 15.7 Å². The van der Waals surface area contributed by atoms with Crippen LogP contribution in [0.1, 0.15) is 5.56 Å². The Morgan fingerprint density at radius 3 is 2.61 bits per heavy atom. The summed E-state index contributed by atoms with van der Waals surface area (Å²) < 4.78 is 0. The molecule has 3 amide bonds. The van der Waals surface area contributed by atoms with Crippen molar-refractivity contribution in [1.82, 2.24) is 5.01 Å². The van der Waals surface area contributed by atoms with E-state index in [4.69, 9.17) is 11.6 Å². The van der Waals surface area contributed by atoms with E-state index in [1.165, 1.54) is 11.1 Å². The highest BCUT2D eigenvalue weighted by Gasteiger charge is 2.55. The van der Waals surface area contributed by atoms with E-state index in [0.29, 0.717) is 16.4 Å². The Hall–Kier alpha value is -3.26. The molecule has 1 N–H and O–H groups in total. The van der Waals surface area contributed by atoms with Crippen LogP contribution >= 0.6 is 11.6 Å². The number of carbonyl (C=O) groups is 3. The normalized spacial score (nSPS) is 20.6. The van der Waals surface area contributed by atoms with Gasteiger partial charge in [-0.25, -0.2) is 4.90 Å². The summed E-state index contributed by atoms with van der Waals surface area (Å²) in [4.78, 5) is 38.9. The lowest BCUT2D eigenvalue weighted by atomic mass is 10.1. The number of rotatable bonds is 4. The van der Waals surface area contributed by atoms with Crippen LogP contribution in [0.2, 0.25) is 5.02 Å². The summed E-state index contributed by atoms with van der Waals surface area (Å²) in [6, 6.07) is 11.9.